The molecule has 6 rings (SSSR count). The lowest BCUT2D eigenvalue weighted by molar-refractivity contribution is 0.0683. The van der Waals surface area contributed by atoms with Gasteiger partial charge in [-0.05, 0) is 72.9 Å². The molecule has 2 aromatic carbocycles. The van der Waals surface area contributed by atoms with Crippen molar-refractivity contribution in [1.82, 2.24) is 9.13 Å². The van der Waals surface area contributed by atoms with Crippen molar-refractivity contribution in [3.05, 3.63) is 102 Å². The summed E-state index contributed by atoms with van der Waals surface area (Å²) in [6, 6.07) is 10.3. The number of benzene rings is 2. The minimum atomic E-state index is -1.21. The lowest BCUT2D eigenvalue weighted by atomic mass is 9.88. The van der Waals surface area contributed by atoms with E-state index in [0.717, 1.165) is 35.1 Å². The van der Waals surface area contributed by atoms with Crippen molar-refractivity contribution >= 4 is 35.1 Å². The predicted molar refractivity (Wildman–Crippen MR) is 215 cm³/mol. The van der Waals surface area contributed by atoms with Gasteiger partial charge in [0.25, 0.3) is 0 Å². The zero-order valence-corrected chi connectivity index (χ0v) is 33.9. The van der Waals surface area contributed by atoms with E-state index >= 15 is 0 Å². The van der Waals surface area contributed by atoms with Gasteiger partial charge in [0.15, 0.2) is 10.9 Å². The first-order chi connectivity index (χ1) is 26.6. The van der Waals surface area contributed by atoms with Crippen LogP contribution in [0.2, 0.25) is 10.0 Å². The lowest BCUT2D eigenvalue weighted by Crippen LogP contribution is -2.26. The van der Waals surface area contributed by atoms with Crippen LogP contribution in [0.15, 0.2) is 58.4 Å². The molecule has 2 aromatic heterocycles. The van der Waals surface area contributed by atoms with E-state index in [9.17, 15) is 29.4 Å². The highest BCUT2D eigenvalue weighted by Crippen LogP contribution is 2.43. The van der Waals surface area contributed by atoms with Gasteiger partial charge >= 0.3 is 11.9 Å². The van der Waals surface area contributed by atoms with Crippen molar-refractivity contribution in [1.29, 1.82) is 0 Å². The summed E-state index contributed by atoms with van der Waals surface area (Å²) < 4.78 is 25.3. The number of nitrogens with zero attached hydrogens (tertiary/aromatic N) is 2. The highest BCUT2D eigenvalue weighted by atomic mass is 35.5. The molecule has 2 N–H and O–H groups in total. The molecule has 4 aromatic rings. The second-order valence-electron chi connectivity index (χ2n) is 14.8. The van der Waals surface area contributed by atoms with Gasteiger partial charge in [-0.3, -0.25) is 9.59 Å². The van der Waals surface area contributed by atoms with E-state index < -0.39 is 22.8 Å². The van der Waals surface area contributed by atoms with E-state index in [1.807, 2.05) is 21.3 Å². The SMILES string of the molecule is COCCOc1cc2c(cc1Cl)-c1cc(=O)c(C(=O)O)cn1[C@@H](CC(C)C)C2.COCCOc1cc2c(cc1Cl)-c1cc(=O)c(C(=O)O)cn1[C@H](CC(C)C)C2. The predicted octanol–water partition coefficient (Wildman–Crippen LogP) is 8.07. The Balaban J connectivity index is 0.000000214. The van der Waals surface area contributed by atoms with Gasteiger partial charge in [0.2, 0.25) is 0 Å². The standard InChI is InChI=1S/2C21H24ClNO5/c2*1-12(2)6-14-7-13-8-20(28-5-4-27-3)17(22)9-15(13)18-10-19(24)16(21(25)26)11-23(14)18/h2*8-12,14H,4-7H2,1-3H3,(H,25,26)/t2*14-/m10/s1. The van der Waals surface area contributed by atoms with E-state index in [0.29, 0.717) is 84.0 Å². The molecule has 0 radical (unpaired) electrons. The summed E-state index contributed by atoms with van der Waals surface area (Å²) in [4.78, 5) is 47.6. The molecule has 2 aliphatic heterocycles. The summed E-state index contributed by atoms with van der Waals surface area (Å²) in [5.41, 5.74) is 3.65. The number of aromatic carboxylic acids is 2. The first kappa shape index (κ1) is 42.5. The molecule has 0 fully saturated rings. The molecule has 300 valence electrons. The number of carboxylic acid groups (broad SMARTS) is 2. The van der Waals surface area contributed by atoms with Crippen molar-refractivity contribution in [3.8, 4) is 34.0 Å². The average molecular weight is 812 g/mol. The summed E-state index contributed by atoms with van der Waals surface area (Å²) >= 11 is 12.8. The Hall–Kier alpha value is -4.62. The number of pyridine rings is 2. The molecule has 0 aliphatic carbocycles. The topological polar surface area (TPSA) is 156 Å². The normalized spacial score (nSPS) is 15.2. The minimum absolute atomic E-state index is 0.0502. The monoisotopic (exact) mass is 810 g/mol. The van der Waals surface area contributed by atoms with E-state index in [2.05, 4.69) is 27.7 Å². The van der Waals surface area contributed by atoms with Crippen LogP contribution in [0.25, 0.3) is 22.5 Å². The van der Waals surface area contributed by atoms with Crippen molar-refractivity contribution < 1.29 is 38.7 Å². The van der Waals surface area contributed by atoms with E-state index in [1.165, 1.54) is 24.5 Å². The Bertz CT molecular complexity index is 2060. The molecule has 0 saturated heterocycles. The van der Waals surface area contributed by atoms with Crippen LogP contribution in [0.3, 0.4) is 0 Å². The second-order valence-corrected chi connectivity index (χ2v) is 15.6. The van der Waals surface area contributed by atoms with Crippen molar-refractivity contribution in [2.45, 2.75) is 65.5 Å². The van der Waals surface area contributed by atoms with Gasteiger partial charge < -0.3 is 38.3 Å². The number of carbonyl (C=O) groups is 2. The number of fused-ring (bicyclic) bond motifs is 6. The summed E-state index contributed by atoms with van der Waals surface area (Å²) in [5.74, 6) is -0.435. The fourth-order valence-electron chi connectivity index (χ4n) is 7.34. The molecule has 0 spiro atoms. The van der Waals surface area contributed by atoms with E-state index in [1.54, 1.807) is 26.4 Å². The number of methoxy groups -OCH3 is 2. The van der Waals surface area contributed by atoms with Gasteiger partial charge in [0.1, 0.15) is 35.8 Å². The van der Waals surface area contributed by atoms with Crippen LogP contribution in [0, 0.1) is 11.8 Å². The first-order valence-electron chi connectivity index (χ1n) is 18.5. The lowest BCUT2D eigenvalue weighted by Gasteiger charge is -2.32. The highest BCUT2D eigenvalue weighted by molar-refractivity contribution is 6.32. The molecular formula is C42H48Cl2N2O10. The number of aromatic nitrogens is 2. The number of rotatable bonds is 14. The van der Waals surface area contributed by atoms with Gasteiger partial charge in [-0.2, -0.15) is 0 Å². The number of carboxylic acids is 2. The quantitative estimate of drug-likeness (QED) is 0.120. The molecule has 0 amide bonds. The van der Waals surface area contributed by atoms with Gasteiger partial charge in [-0.25, -0.2) is 9.59 Å². The Morgan fingerprint density at radius 1 is 0.661 bits per heavy atom. The van der Waals surface area contributed by atoms with Crippen LogP contribution in [-0.4, -0.2) is 71.9 Å². The molecule has 0 bridgehead atoms. The van der Waals surface area contributed by atoms with Crippen LogP contribution in [0.4, 0.5) is 0 Å². The van der Waals surface area contributed by atoms with Crippen LogP contribution in [0.5, 0.6) is 11.5 Å². The highest BCUT2D eigenvalue weighted by Gasteiger charge is 2.29. The minimum Gasteiger partial charge on any atom is -0.490 e. The van der Waals surface area contributed by atoms with Crippen LogP contribution < -0.4 is 20.3 Å². The molecule has 14 heteroatoms. The van der Waals surface area contributed by atoms with E-state index in [-0.39, 0.29) is 23.2 Å². The van der Waals surface area contributed by atoms with Crippen molar-refractivity contribution in [2.24, 2.45) is 11.8 Å². The molecule has 0 unspecified atom stereocenters. The maximum atomic E-state index is 12.3. The second kappa shape index (κ2) is 18.5. The zero-order valence-electron chi connectivity index (χ0n) is 32.4. The number of hydrogen-bond donors (Lipinski definition) is 2. The molecule has 4 heterocycles. The van der Waals surface area contributed by atoms with Gasteiger partial charge in [0, 0.05) is 62.0 Å². The maximum absolute atomic E-state index is 12.3. The number of halogens is 2. The fraction of sp³-hybridized carbons (Fsp3) is 0.429. The van der Waals surface area contributed by atoms with E-state index in [4.69, 9.17) is 42.1 Å². The number of ether oxygens (including phenoxy) is 4. The van der Waals surface area contributed by atoms with Crippen molar-refractivity contribution in [3.63, 3.8) is 0 Å². The molecule has 2 atom stereocenters. The zero-order chi connectivity index (χ0) is 40.8. The van der Waals surface area contributed by atoms with Crippen LogP contribution in [0.1, 0.15) is 84.5 Å². The Morgan fingerprint density at radius 3 is 1.36 bits per heavy atom. The first-order valence-corrected chi connectivity index (χ1v) is 19.3. The molecule has 2 aliphatic rings. The summed E-state index contributed by atoms with van der Waals surface area (Å²) in [7, 11) is 3.21. The third-order valence-corrected chi connectivity index (χ3v) is 10.4. The summed E-state index contributed by atoms with van der Waals surface area (Å²) in [5, 5.41) is 19.6. The van der Waals surface area contributed by atoms with Gasteiger partial charge in [-0.1, -0.05) is 50.9 Å². The Morgan fingerprint density at radius 2 is 1.04 bits per heavy atom. The third-order valence-electron chi connectivity index (χ3n) is 9.76. The molecule has 0 saturated carbocycles. The molecular weight excluding hydrogens is 763 g/mol. The fourth-order valence-corrected chi connectivity index (χ4v) is 7.78. The Labute approximate surface area is 335 Å². The summed E-state index contributed by atoms with van der Waals surface area (Å²) in [6.07, 6.45) is 6.06. The average Bonchev–Trinajstić information content (AvgIpc) is 3.12. The van der Waals surface area contributed by atoms with Crippen LogP contribution >= 0.6 is 23.2 Å². The smallest absolute Gasteiger partial charge is 0.341 e. The molecule has 56 heavy (non-hydrogen) atoms. The van der Waals surface area contributed by atoms with Crippen molar-refractivity contribution in [2.75, 3.05) is 40.6 Å². The molecule has 12 nitrogen and oxygen atoms in total. The van der Waals surface area contributed by atoms with Gasteiger partial charge in [-0.15, -0.1) is 0 Å². The summed E-state index contributed by atoms with van der Waals surface area (Å²) in [6.45, 7) is 10.2. The van der Waals surface area contributed by atoms with Crippen LogP contribution in [-0.2, 0) is 22.3 Å². The largest absolute Gasteiger partial charge is 0.490 e. The third kappa shape index (κ3) is 9.66. The number of hydrogen-bond acceptors (Lipinski definition) is 8. The van der Waals surface area contributed by atoms with Gasteiger partial charge in [0.05, 0.1) is 34.6 Å². The Kier molecular flexibility index (Phi) is 14.1. The maximum Gasteiger partial charge on any atom is 0.341 e.